The van der Waals surface area contributed by atoms with E-state index in [1.54, 1.807) is 31.6 Å². The van der Waals surface area contributed by atoms with Crippen LogP contribution >= 0.6 is 11.6 Å². The van der Waals surface area contributed by atoms with Crippen molar-refractivity contribution >= 4 is 39.4 Å². The number of aryl methyl sites for hydroxylation is 1. The van der Waals surface area contributed by atoms with Gasteiger partial charge in [0, 0.05) is 25.2 Å². The van der Waals surface area contributed by atoms with Crippen LogP contribution in [0.2, 0.25) is 5.02 Å². The van der Waals surface area contributed by atoms with Crippen molar-refractivity contribution in [3.8, 4) is 0 Å². The summed E-state index contributed by atoms with van der Waals surface area (Å²) in [5, 5.41) is 7.68. The minimum absolute atomic E-state index is 0.150. The summed E-state index contributed by atoms with van der Waals surface area (Å²) in [5.41, 5.74) is 1.91. The van der Waals surface area contributed by atoms with Gasteiger partial charge in [-0.3, -0.25) is 14.3 Å². The van der Waals surface area contributed by atoms with Gasteiger partial charge in [-0.05, 0) is 30.3 Å². The summed E-state index contributed by atoms with van der Waals surface area (Å²) in [6, 6.07) is 12.7. The zero-order valence-electron chi connectivity index (χ0n) is 14.5. The first-order chi connectivity index (χ1) is 13.0. The van der Waals surface area contributed by atoms with Crippen LogP contribution in [-0.2, 0) is 13.6 Å². The molecular formula is C19H16ClN5O2. The quantitative estimate of drug-likeness (QED) is 0.588. The number of nitrogens with one attached hydrogen (secondary N) is 1. The van der Waals surface area contributed by atoms with Crippen LogP contribution in [0.15, 0.2) is 53.6 Å². The van der Waals surface area contributed by atoms with Gasteiger partial charge in [0.25, 0.3) is 5.91 Å². The standard InChI is InChI=1S/C19H16ClN5O2/c1-24-15-7-6-12(20)10-13(15)18(26)17(23-24)19(27)21-8-9-25-11-22-14-4-2-3-5-16(14)25/h2-7,10-11H,8-9H2,1H3,(H,21,27). The highest BCUT2D eigenvalue weighted by atomic mass is 35.5. The SMILES string of the molecule is Cn1nc(C(=O)NCCn2cnc3ccccc32)c(=O)c2cc(Cl)ccc21. The molecule has 1 amide bonds. The Morgan fingerprint density at radius 1 is 1.19 bits per heavy atom. The zero-order chi connectivity index (χ0) is 19.0. The number of imidazole rings is 1. The predicted molar refractivity (Wildman–Crippen MR) is 104 cm³/mol. The maximum atomic E-state index is 12.6. The third-order valence-electron chi connectivity index (χ3n) is 4.40. The van der Waals surface area contributed by atoms with E-state index in [9.17, 15) is 9.59 Å². The van der Waals surface area contributed by atoms with Crippen molar-refractivity contribution in [3.05, 3.63) is 69.7 Å². The molecule has 4 rings (SSSR count). The monoisotopic (exact) mass is 381 g/mol. The summed E-state index contributed by atoms with van der Waals surface area (Å²) in [6.45, 7) is 0.879. The summed E-state index contributed by atoms with van der Waals surface area (Å²) in [7, 11) is 1.68. The number of carbonyl (C=O) groups is 1. The normalized spacial score (nSPS) is 11.2. The molecule has 0 spiro atoms. The minimum Gasteiger partial charge on any atom is -0.349 e. The molecule has 7 nitrogen and oxygen atoms in total. The lowest BCUT2D eigenvalue weighted by Gasteiger charge is -2.09. The van der Waals surface area contributed by atoms with E-state index >= 15 is 0 Å². The van der Waals surface area contributed by atoms with Crippen molar-refractivity contribution in [2.75, 3.05) is 6.54 Å². The summed E-state index contributed by atoms with van der Waals surface area (Å²) >= 11 is 5.99. The number of hydrogen-bond acceptors (Lipinski definition) is 4. The zero-order valence-corrected chi connectivity index (χ0v) is 15.3. The second-order valence-corrected chi connectivity index (χ2v) is 6.58. The lowest BCUT2D eigenvalue weighted by atomic mass is 10.2. The number of benzene rings is 2. The fourth-order valence-corrected chi connectivity index (χ4v) is 3.23. The van der Waals surface area contributed by atoms with Crippen molar-refractivity contribution in [1.82, 2.24) is 24.6 Å². The van der Waals surface area contributed by atoms with Crippen LogP contribution < -0.4 is 10.7 Å². The number of rotatable bonds is 4. The fraction of sp³-hybridized carbons (Fsp3) is 0.158. The van der Waals surface area contributed by atoms with Crippen molar-refractivity contribution in [1.29, 1.82) is 0 Å². The molecule has 1 N–H and O–H groups in total. The summed E-state index contributed by atoms with van der Waals surface area (Å²) < 4.78 is 3.45. The molecule has 4 aromatic rings. The molecule has 0 saturated carbocycles. The number of aromatic nitrogens is 4. The van der Waals surface area contributed by atoms with Crippen LogP contribution in [0.1, 0.15) is 10.5 Å². The first kappa shape index (κ1) is 17.2. The van der Waals surface area contributed by atoms with E-state index in [-0.39, 0.29) is 5.69 Å². The number of carbonyl (C=O) groups excluding carboxylic acids is 1. The number of para-hydroxylation sites is 2. The van der Waals surface area contributed by atoms with E-state index in [1.165, 1.54) is 4.68 Å². The number of halogens is 1. The molecule has 0 radical (unpaired) electrons. The van der Waals surface area contributed by atoms with Crippen LogP contribution in [0.3, 0.4) is 0 Å². The molecule has 2 heterocycles. The summed E-state index contributed by atoms with van der Waals surface area (Å²) in [6.07, 6.45) is 1.73. The third kappa shape index (κ3) is 3.17. The number of hydrogen-bond donors (Lipinski definition) is 1. The van der Waals surface area contributed by atoms with Gasteiger partial charge in [0.1, 0.15) is 0 Å². The molecule has 27 heavy (non-hydrogen) atoms. The van der Waals surface area contributed by atoms with Crippen LogP contribution in [0.4, 0.5) is 0 Å². The second-order valence-electron chi connectivity index (χ2n) is 6.15. The van der Waals surface area contributed by atoms with Gasteiger partial charge >= 0.3 is 0 Å². The highest BCUT2D eigenvalue weighted by Crippen LogP contribution is 2.16. The predicted octanol–water partition coefficient (Wildman–Crippen LogP) is 2.37. The van der Waals surface area contributed by atoms with Gasteiger partial charge in [-0.1, -0.05) is 23.7 Å². The van der Waals surface area contributed by atoms with Gasteiger partial charge < -0.3 is 9.88 Å². The van der Waals surface area contributed by atoms with Crippen LogP contribution in [0, 0.1) is 0 Å². The molecule has 0 aliphatic carbocycles. The molecule has 2 aromatic carbocycles. The molecule has 136 valence electrons. The van der Waals surface area contributed by atoms with E-state index in [0.29, 0.717) is 29.0 Å². The van der Waals surface area contributed by atoms with Gasteiger partial charge in [-0.2, -0.15) is 5.10 Å². The Morgan fingerprint density at radius 2 is 2.00 bits per heavy atom. The number of fused-ring (bicyclic) bond motifs is 2. The van der Waals surface area contributed by atoms with Gasteiger partial charge in [-0.25, -0.2) is 4.98 Å². The lowest BCUT2D eigenvalue weighted by Crippen LogP contribution is -2.33. The van der Waals surface area contributed by atoms with Gasteiger partial charge in [-0.15, -0.1) is 0 Å². The minimum atomic E-state index is -0.512. The Kier molecular flexibility index (Phi) is 4.37. The number of amides is 1. The van der Waals surface area contributed by atoms with Crippen LogP contribution in [0.5, 0.6) is 0 Å². The Labute approximate surface area is 159 Å². The third-order valence-corrected chi connectivity index (χ3v) is 4.63. The van der Waals surface area contributed by atoms with Crippen molar-refractivity contribution in [2.45, 2.75) is 6.54 Å². The van der Waals surface area contributed by atoms with E-state index < -0.39 is 11.3 Å². The van der Waals surface area contributed by atoms with Crippen molar-refractivity contribution < 1.29 is 4.79 Å². The van der Waals surface area contributed by atoms with Gasteiger partial charge in [0.2, 0.25) is 5.43 Å². The van der Waals surface area contributed by atoms with Crippen LogP contribution in [0.25, 0.3) is 21.9 Å². The largest absolute Gasteiger partial charge is 0.349 e. The maximum absolute atomic E-state index is 12.6. The van der Waals surface area contributed by atoms with E-state index in [2.05, 4.69) is 15.4 Å². The Morgan fingerprint density at radius 3 is 2.85 bits per heavy atom. The molecule has 0 atom stereocenters. The van der Waals surface area contributed by atoms with Crippen molar-refractivity contribution in [2.24, 2.45) is 7.05 Å². The van der Waals surface area contributed by atoms with Crippen molar-refractivity contribution in [3.63, 3.8) is 0 Å². The Bertz CT molecular complexity index is 1230. The van der Waals surface area contributed by atoms with Gasteiger partial charge in [0.05, 0.1) is 28.3 Å². The highest BCUT2D eigenvalue weighted by Gasteiger charge is 2.16. The molecule has 0 saturated heterocycles. The van der Waals surface area contributed by atoms with E-state index in [1.807, 2.05) is 28.8 Å². The smallest absolute Gasteiger partial charge is 0.275 e. The average Bonchev–Trinajstić information content (AvgIpc) is 3.07. The molecule has 0 unspecified atom stereocenters. The molecule has 0 aliphatic rings. The Balaban J connectivity index is 1.55. The maximum Gasteiger partial charge on any atom is 0.275 e. The lowest BCUT2D eigenvalue weighted by molar-refractivity contribution is 0.0944. The van der Waals surface area contributed by atoms with Gasteiger partial charge in [0.15, 0.2) is 5.69 Å². The first-order valence-electron chi connectivity index (χ1n) is 8.39. The molecule has 0 aliphatic heterocycles. The number of nitrogens with zero attached hydrogens (tertiary/aromatic N) is 4. The Hall–Kier alpha value is -3.19. The molecular weight excluding hydrogens is 366 g/mol. The highest BCUT2D eigenvalue weighted by molar-refractivity contribution is 6.31. The summed E-state index contributed by atoms with van der Waals surface area (Å²) in [4.78, 5) is 29.4. The fourth-order valence-electron chi connectivity index (χ4n) is 3.06. The average molecular weight is 382 g/mol. The topological polar surface area (TPSA) is 81.8 Å². The van der Waals surface area contributed by atoms with E-state index in [0.717, 1.165) is 11.0 Å². The van der Waals surface area contributed by atoms with Crippen LogP contribution in [-0.4, -0.2) is 31.8 Å². The molecule has 8 heteroatoms. The summed E-state index contributed by atoms with van der Waals surface area (Å²) in [5.74, 6) is -0.512. The molecule has 2 aromatic heterocycles. The second kappa shape index (κ2) is 6.85. The molecule has 0 bridgehead atoms. The molecule has 0 fully saturated rings. The van der Waals surface area contributed by atoms with E-state index in [4.69, 9.17) is 11.6 Å². The first-order valence-corrected chi connectivity index (χ1v) is 8.77.